The summed E-state index contributed by atoms with van der Waals surface area (Å²) in [6.45, 7) is 0. The van der Waals surface area contributed by atoms with Gasteiger partial charge in [-0.15, -0.1) is 34.0 Å². The largest absolute Gasteiger partial charge is 0.455 e. The first kappa shape index (κ1) is 56.3. The first-order valence-corrected chi connectivity index (χ1v) is 35.5. The average molecular weight is 1310 g/mol. The molecule has 0 N–H and O–H groups in total. The van der Waals surface area contributed by atoms with E-state index in [2.05, 4.69) is 311 Å². The lowest BCUT2D eigenvalue weighted by Gasteiger charge is -2.09. The fourth-order valence-corrected chi connectivity index (χ4v) is 18.7. The normalized spacial score (nSPS) is 11.9. The predicted molar refractivity (Wildman–Crippen MR) is 419 cm³/mol. The van der Waals surface area contributed by atoms with Crippen LogP contribution in [0.5, 0.6) is 0 Å². The number of nitrogens with zero attached hydrogens (tertiary/aromatic N) is 3. The van der Waals surface area contributed by atoms with Crippen molar-refractivity contribution >= 4 is 173 Å². The molecular weight excluding hydrogens is 1250 g/mol. The minimum Gasteiger partial charge on any atom is -0.455 e. The summed E-state index contributed by atoms with van der Waals surface area (Å²) in [5, 5.41) is 16.3. The minimum absolute atomic E-state index is 0.902. The van der Waals surface area contributed by atoms with Crippen LogP contribution in [0.15, 0.2) is 342 Å². The van der Waals surface area contributed by atoms with Crippen molar-refractivity contribution < 1.29 is 8.83 Å². The van der Waals surface area contributed by atoms with E-state index in [1.54, 1.807) is 0 Å². The van der Waals surface area contributed by atoms with Gasteiger partial charge in [-0.1, -0.05) is 237 Å². The maximum Gasteiger partial charge on any atom is 0.159 e. The van der Waals surface area contributed by atoms with Crippen LogP contribution < -0.4 is 0 Å². The second-order valence-electron chi connectivity index (χ2n) is 25.0. The number of aromatic nitrogens is 3. The smallest absolute Gasteiger partial charge is 0.159 e. The Bertz CT molecular complexity index is 6560. The molecule has 0 saturated carbocycles. The van der Waals surface area contributed by atoms with Crippen molar-refractivity contribution in [1.29, 1.82) is 0 Å². The fourth-order valence-electron chi connectivity index (χ4n) is 15.1. The van der Waals surface area contributed by atoms with Gasteiger partial charge in [-0.25, -0.2) is 0 Å². The van der Waals surface area contributed by atoms with Crippen molar-refractivity contribution in [1.82, 2.24) is 13.7 Å². The second-order valence-corrected chi connectivity index (χ2v) is 28.1. The van der Waals surface area contributed by atoms with Gasteiger partial charge in [0.25, 0.3) is 0 Å². The highest BCUT2D eigenvalue weighted by Crippen LogP contribution is 2.48. The lowest BCUT2D eigenvalue weighted by atomic mass is 10.1. The molecule has 0 aliphatic rings. The van der Waals surface area contributed by atoms with Crippen LogP contribution in [0.4, 0.5) is 0 Å². The highest BCUT2D eigenvalue weighted by atomic mass is 32.1. The number of para-hydroxylation sites is 6. The summed E-state index contributed by atoms with van der Waals surface area (Å²) in [4.78, 5) is 2.61. The van der Waals surface area contributed by atoms with E-state index in [9.17, 15) is 0 Å². The number of hydrogen-bond donors (Lipinski definition) is 0. The maximum atomic E-state index is 6.44. The zero-order valence-electron chi connectivity index (χ0n) is 52.6. The first-order chi connectivity index (χ1) is 48.6. The molecule has 0 spiro atoms. The van der Waals surface area contributed by atoms with Crippen LogP contribution in [0.25, 0.3) is 188 Å². The van der Waals surface area contributed by atoms with Crippen LogP contribution in [0, 0.1) is 0 Å². The van der Waals surface area contributed by atoms with E-state index in [-0.39, 0.29) is 0 Å². The third kappa shape index (κ3) is 8.96. The molecule has 0 saturated heterocycles. The quantitative estimate of drug-likeness (QED) is 0.166. The monoisotopic (exact) mass is 1310 g/mol. The molecule has 0 atom stereocenters. The van der Waals surface area contributed by atoms with Crippen LogP contribution in [-0.4, -0.2) is 13.7 Å². The molecule has 0 bridgehead atoms. The van der Waals surface area contributed by atoms with E-state index in [4.69, 9.17) is 8.83 Å². The zero-order valence-corrected chi connectivity index (χ0v) is 55.1. The predicted octanol–water partition coefficient (Wildman–Crippen LogP) is 26.8. The standard InChI is InChI=1S/C32H19NOS.C32H19NS2.C26H17NO/c1-2-9-20(10-3-1)29-19-21-17-18-26-30(32(21)35-29)24-12-4-6-14-25(24)33(26)27-15-8-13-23-22-11-5-7-16-28(22)34-31(23)27;1-2-9-20(10-3-1)29-19-21-17-18-26-30(31(21)35-29)24-12-4-6-14-25(24)33(26)27-15-8-13-23-22-11-5-7-16-28(22)34-32(23)27;1-3-9-18(10-4-1)24-17-19-15-16-23-25(26(19)28-24)21-13-7-8-14-22(21)27(23)20-11-5-2-6-12-20/h2*1-19H;1-17H. The Labute approximate surface area is 574 Å². The van der Waals surface area contributed by atoms with E-state index < -0.39 is 0 Å². The molecule has 22 rings (SSSR count). The van der Waals surface area contributed by atoms with Crippen molar-refractivity contribution in [2.75, 3.05) is 0 Å². The van der Waals surface area contributed by atoms with Crippen molar-refractivity contribution in [2.24, 2.45) is 0 Å². The molecule has 0 aliphatic heterocycles. The summed E-state index contributed by atoms with van der Waals surface area (Å²) in [6.07, 6.45) is 0. The van der Waals surface area contributed by atoms with Gasteiger partial charge in [0.2, 0.25) is 0 Å². The van der Waals surface area contributed by atoms with Gasteiger partial charge in [0.1, 0.15) is 16.9 Å². The van der Waals surface area contributed by atoms with Crippen LogP contribution in [0.3, 0.4) is 0 Å². The van der Waals surface area contributed by atoms with E-state index in [0.29, 0.717) is 0 Å². The number of benzene rings is 14. The lowest BCUT2D eigenvalue weighted by molar-refractivity contribution is 0.635. The Morgan fingerprint density at radius 1 is 0.245 bits per heavy atom. The Hall–Kier alpha value is -12.0. The molecule has 8 heterocycles. The van der Waals surface area contributed by atoms with Gasteiger partial charge in [0, 0.05) is 89.0 Å². The number of fused-ring (bicyclic) bond motifs is 21. The molecule has 5 nitrogen and oxygen atoms in total. The molecule has 22 aromatic rings. The van der Waals surface area contributed by atoms with E-state index in [1.807, 2.05) is 70.4 Å². The van der Waals surface area contributed by atoms with Crippen molar-refractivity contribution in [2.45, 2.75) is 0 Å². The van der Waals surface area contributed by atoms with Gasteiger partial charge in [0.05, 0.1) is 54.6 Å². The highest BCUT2D eigenvalue weighted by Gasteiger charge is 2.23. The number of hydrogen-bond acceptors (Lipinski definition) is 5. The highest BCUT2D eigenvalue weighted by molar-refractivity contribution is 7.26. The Morgan fingerprint density at radius 2 is 0.694 bits per heavy atom. The SMILES string of the molecule is c1ccc(-c2cc3ccc4c(c5ccccc5n4-c4cccc5c4oc4ccccc45)c3s2)cc1.c1ccc(-c2cc3ccc4c(c5ccccc5n4-c4cccc5c4sc4ccccc45)c3s2)cc1.c1ccc(-c2cc3ccc4c(c5ccccc5n4-c4ccccc4)c3o2)cc1. The summed E-state index contributed by atoms with van der Waals surface area (Å²) in [5.41, 5.74) is 17.2. The molecule has 0 unspecified atom stereocenters. The molecule has 460 valence electrons. The van der Waals surface area contributed by atoms with Crippen molar-refractivity contribution in [3.05, 3.63) is 334 Å². The van der Waals surface area contributed by atoms with Crippen molar-refractivity contribution in [3.63, 3.8) is 0 Å². The molecule has 0 aliphatic carbocycles. The summed E-state index contributed by atoms with van der Waals surface area (Å²) < 4.78 is 25.4. The van der Waals surface area contributed by atoms with Crippen LogP contribution >= 0.6 is 34.0 Å². The second kappa shape index (κ2) is 22.8. The molecule has 0 fully saturated rings. The van der Waals surface area contributed by atoms with E-state index in [1.165, 1.54) is 127 Å². The third-order valence-electron chi connectivity index (χ3n) is 19.4. The maximum absolute atomic E-state index is 6.44. The van der Waals surface area contributed by atoms with Crippen molar-refractivity contribution in [3.8, 4) is 49.3 Å². The molecule has 8 heteroatoms. The van der Waals surface area contributed by atoms with Crippen LogP contribution in [0.1, 0.15) is 0 Å². The van der Waals surface area contributed by atoms with Gasteiger partial charge >= 0.3 is 0 Å². The Morgan fingerprint density at radius 3 is 1.31 bits per heavy atom. The van der Waals surface area contributed by atoms with Gasteiger partial charge in [-0.3, -0.25) is 0 Å². The summed E-state index contributed by atoms with van der Waals surface area (Å²) in [5.74, 6) is 0.902. The number of furan rings is 2. The third-order valence-corrected chi connectivity index (χ3v) is 23.0. The Balaban J connectivity index is 0.000000101. The fraction of sp³-hybridized carbons (Fsp3) is 0. The first-order valence-electron chi connectivity index (χ1n) is 33.0. The number of thiophene rings is 3. The zero-order chi connectivity index (χ0) is 64.4. The molecule has 98 heavy (non-hydrogen) atoms. The topological polar surface area (TPSA) is 41.1 Å². The van der Waals surface area contributed by atoms with Gasteiger partial charge in [-0.05, 0) is 119 Å². The molecule has 0 amide bonds. The molecule has 14 aromatic carbocycles. The molecule has 8 aromatic heterocycles. The number of rotatable bonds is 6. The lowest BCUT2D eigenvalue weighted by Crippen LogP contribution is -1.94. The van der Waals surface area contributed by atoms with Crippen LogP contribution in [0.2, 0.25) is 0 Å². The summed E-state index contributed by atoms with van der Waals surface area (Å²) >= 11 is 5.66. The average Bonchev–Trinajstić information content (AvgIpc) is 1.57. The molecule has 0 radical (unpaired) electrons. The minimum atomic E-state index is 0.902. The van der Waals surface area contributed by atoms with Crippen LogP contribution in [-0.2, 0) is 0 Å². The Kier molecular flexibility index (Phi) is 13.1. The van der Waals surface area contributed by atoms with Gasteiger partial charge in [0.15, 0.2) is 5.58 Å². The summed E-state index contributed by atoms with van der Waals surface area (Å²) in [6, 6.07) is 119. The van der Waals surface area contributed by atoms with E-state index >= 15 is 0 Å². The van der Waals surface area contributed by atoms with E-state index in [0.717, 1.165) is 61.1 Å². The molecular formula is C90H55N3O2S3. The van der Waals surface area contributed by atoms with Gasteiger partial charge in [-0.2, -0.15) is 0 Å². The summed E-state index contributed by atoms with van der Waals surface area (Å²) in [7, 11) is 0. The van der Waals surface area contributed by atoms with Gasteiger partial charge < -0.3 is 22.5 Å².